The van der Waals surface area contributed by atoms with Gasteiger partial charge in [-0.2, -0.15) is 0 Å². The van der Waals surface area contributed by atoms with Gasteiger partial charge in [0.15, 0.2) is 0 Å². The van der Waals surface area contributed by atoms with Crippen molar-refractivity contribution in [1.29, 1.82) is 0 Å². The predicted molar refractivity (Wildman–Crippen MR) is 137 cm³/mol. The van der Waals surface area contributed by atoms with Gasteiger partial charge in [0.05, 0.1) is 24.2 Å². The standard InChI is InChI=1S/C29H22FN3O3/c1-15-19(3-2-4-25(15)33-13-17-6-7-18(30)12-23(17)29(33)36)20-9-10-22(28(31)35)27-26(20)21-8-5-16(14-34)11-24(21)32-27/h2-12,32,34H,13-14H2,1H3,(H2,31,35). The van der Waals surface area contributed by atoms with E-state index in [2.05, 4.69) is 4.98 Å². The molecule has 7 heteroatoms. The van der Waals surface area contributed by atoms with E-state index in [-0.39, 0.29) is 12.5 Å². The number of primary amides is 1. The van der Waals surface area contributed by atoms with Gasteiger partial charge in [0.1, 0.15) is 5.82 Å². The van der Waals surface area contributed by atoms with Crippen molar-refractivity contribution in [2.75, 3.05) is 4.90 Å². The van der Waals surface area contributed by atoms with Crippen LogP contribution in [0.15, 0.2) is 66.7 Å². The van der Waals surface area contributed by atoms with Crippen LogP contribution in [-0.2, 0) is 13.2 Å². The highest BCUT2D eigenvalue weighted by atomic mass is 19.1. The first-order chi connectivity index (χ1) is 17.4. The second-order valence-electron chi connectivity index (χ2n) is 9.08. The Morgan fingerprint density at radius 3 is 2.67 bits per heavy atom. The molecule has 36 heavy (non-hydrogen) atoms. The summed E-state index contributed by atoms with van der Waals surface area (Å²) < 4.78 is 13.8. The van der Waals surface area contributed by atoms with Crippen LogP contribution in [0.2, 0.25) is 0 Å². The van der Waals surface area contributed by atoms with Crippen LogP contribution < -0.4 is 10.6 Å². The van der Waals surface area contributed by atoms with Gasteiger partial charge in [-0.25, -0.2) is 4.39 Å². The fraction of sp³-hybridized carbons (Fsp3) is 0.103. The average molecular weight is 480 g/mol. The summed E-state index contributed by atoms with van der Waals surface area (Å²) in [4.78, 5) is 30.4. The van der Waals surface area contributed by atoms with Gasteiger partial charge < -0.3 is 20.7 Å². The normalized spacial score (nSPS) is 13.1. The molecule has 0 spiro atoms. The fourth-order valence-electron chi connectivity index (χ4n) is 5.26. The Labute approximate surface area is 205 Å². The molecule has 0 saturated carbocycles. The smallest absolute Gasteiger partial charge is 0.259 e. The quantitative estimate of drug-likeness (QED) is 0.331. The summed E-state index contributed by atoms with van der Waals surface area (Å²) in [6.45, 7) is 2.22. The number of amides is 2. The number of benzene rings is 4. The molecule has 1 aromatic heterocycles. The lowest BCUT2D eigenvalue weighted by atomic mass is 9.93. The molecule has 2 heterocycles. The van der Waals surface area contributed by atoms with Crippen LogP contribution in [0.3, 0.4) is 0 Å². The number of carbonyl (C=O) groups excluding carboxylic acids is 2. The highest BCUT2D eigenvalue weighted by Gasteiger charge is 2.30. The van der Waals surface area contributed by atoms with Crippen LogP contribution in [0.5, 0.6) is 0 Å². The number of aliphatic hydroxyl groups is 1. The van der Waals surface area contributed by atoms with Crippen molar-refractivity contribution < 1.29 is 19.1 Å². The highest BCUT2D eigenvalue weighted by molar-refractivity contribution is 6.20. The Hall–Kier alpha value is -4.49. The zero-order valence-corrected chi connectivity index (χ0v) is 19.4. The SMILES string of the molecule is Cc1c(-c2ccc(C(N)=O)c3[nH]c4cc(CO)ccc4c23)cccc1N1Cc2ccc(F)cc2C1=O. The minimum atomic E-state index is -0.543. The van der Waals surface area contributed by atoms with Gasteiger partial charge in [-0.3, -0.25) is 9.59 Å². The number of hydrogen-bond donors (Lipinski definition) is 3. The summed E-state index contributed by atoms with van der Waals surface area (Å²) in [7, 11) is 0. The predicted octanol–water partition coefficient (Wildman–Crippen LogP) is 5.19. The van der Waals surface area contributed by atoms with Crippen molar-refractivity contribution in [3.8, 4) is 11.1 Å². The number of aliphatic hydroxyl groups excluding tert-OH is 1. The van der Waals surface area contributed by atoms with E-state index in [0.717, 1.165) is 49.8 Å². The second-order valence-corrected chi connectivity index (χ2v) is 9.08. The van der Waals surface area contributed by atoms with Crippen molar-refractivity contribution >= 4 is 39.3 Å². The first-order valence-corrected chi connectivity index (χ1v) is 11.6. The number of fused-ring (bicyclic) bond motifs is 4. The van der Waals surface area contributed by atoms with E-state index in [1.54, 1.807) is 17.0 Å². The zero-order valence-electron chi connectivity index (χ0n) is 19.4. The number of aromatic amines is 1. The van der Waals surface area contributed by atoms with Crippen LogP contribution in [0.4, 0.5) is 10.1 Å². The molecule has 1 aliphatic heterocycles. The fourth-order valence-corrected chi connectivity index (χ4v) is 5.26. The van der Waals surface area contributed by atoms with Crippen molar-refractivity contribution in [2.24, 2.45) is 5.73 Å². The van der Waals surface area contributed by atoms with Gasteiger partial charge in [-0.05, 0) is 65.1 Å². The Kier molecular flexibility index (Phi) is 4.91. The number of H-pyrrole nitrogens is 1. The molecule has 0 aliphatic carbocycles. The summed E-state index contributed by atoms with van der Waals surface area (Å²) in [5, 5.41) is 11.3. The molecule has 1 aliphatic rings. The molecule has 2 amide bonds. The molecule has 5 aromatic rings. The number of aromatic nitrogens is 1. The summed E-state index contributed by atoms with van der Waals surface area (Å²) in [5.41, 5.74) is 12.8. The monoisotopic (exact) mass is 479 g/mol. The molecule has 6 nitrogen and oxygen atoms in total. The Morgan fingerprint density at radius 1 is 1.06 bits per heavy atom. The van der Waals surface area contributed by atoms with E-state index in [9.17, 15) is 19.1 Å². The molecule has 4 N–H and O–H groups in total. The number of anilines is 1. The third-order valence-corrected chi connectivity index (χ3v) is 7.03. The van der Waals surface area contributed by atoms with Crippen molar-refractivity contribution in [1.82, 2.24) is 4.98 Å². The average Bonchev–Trinajstić information content (AvgIpc) is 3.41. The van der Waals surface area contributed by atoms with Crippen LogP contribution in [0.1, 0.15) is 37.4 Å². The molecule has 0 radical (unpaired) electrons. The van der Waals surface area contributed by atoms with Gasteiger partial charge in [0.25, 0.3) is 11.8 Å². The molecule has 0 saturated heterocycles. The van der Waals surface area contributed by atoms with Gasteiger partial charge >= 0.3 is 0 Å². The minimum Gasteiger partial charge on any atom is -0.392 e. The van der Waals surface area contributed by atoms with E-state index in [4.69, 9.17) is 5.73 Å². The van der Waals surface area contributed by atoms with E-state index in [0.29, 0.717) is 23.2 Å². The van der Waals surface area contributed by atoms with E-state index < -0.39 is 11.7 Å². The van der Waals surface area contributed by atoms with Crippen LogP contribution in [0.25, 0.3) is 32.9 Å². The van der Waals surface area contributed by atoms with E-state index in [1.807, 2.05) is 49.4 Å². The zero-order chi connectivity index (χ0) is 25.1. The first-order valence-electron chi connectivity index (χ1n) is 11.6. The van der Waals surface area contributed by atoms with Crippen molar-refractivity contribution in [2.45, 2.75) is 20.1 Å². The van der Waals surface area contributed by atoms with Gasteiger partial charge in [0.2, 0.25) is 0 Å². The number of nitrogens with zero attached hydrogens (tertiary/aromatic N) is 1. The lowest BCUT2D eigenvalue weighted by molar-refractivity contribution is 0.0990. The summed E-state index contributed by atoms with van der Waals surface area (Å²) in [5.74, 6) is -1.21. The van der Waals surface area contributed by atoms with Gasteiger partial charge in [-0.15, -0.1) is 0 Å². The van der Waals surface area contributed by atoms with E-state index in [1.165, 1.54) is 12.1 Å². The lowest BCUT2D eigenvalue weighted by Gasteiger charge is -2.21. The van der Waals surface area contributed by atoms with Gasteiger partial charge in [-0.1, -0.05) is 36.4 Å². The molecule has 6 rings (SSSR count). The lowest BCUT2D eigenvalue weighted by Crippen LogP contribution is -2.24. The molecule has 4 aromatic carbocycles. The highest BCUT2D eigenvalue weighted by Crippen LogP contribution is 2.41. The van der Waals surface area contributed by atoms with Crippen LogP contribution >= 0.6 is 0 Å². The van der Waals surface area contributed by atoms with Crippen LogP contribution in [-0.4, -0.2) is 21.9 Å². The maximum atomic E-state index is 13.8. The molecular formula is C29H22FN3O3. The number of nitrogens with one attached hydrogen (secondary N) is 1. The van der Waals surface area contributed by atoms with Gasteiger partial charge in [0, 0.05) is 27.5 Å². The number of hydrogen-bond acceptors (Lipinski definition) is 3. The van der Waals surface area contributed by atoms with Crippen molar-refractivity contribution in [3.63, 3.8) is 0 Å². The third kappa shape index (κ3) is 3.21. The molecule has 0 unspecified atom stereocenters. The largest absolute Gasteiger partial charge is 0.392 e. The van der Waals surface area contributed by atoms with Crippen LogP contribution in [0, 0.1) is 12.7 Å². The number of carbonyl (C=O) groups is 2. The molecule has 0 fully saturated rings. The summed E-state index contributed by atoms with van der Waals surface area (Å²) >= 11 is 0. The third-order valence-electron chi connectivity index (χ3n) is 7.03. The molecule has 0 bridgehead atoms. The summed E-state index contributed by atoms with van der Waals surface area (Å²) in [6, 6.07) is 19.3. The van der Waals surface area contributed by atoms with E-state index >= 15 is 0 Å². The topological polar surface area (TPSA) is 99.4 Å². The molecular weight excluding hydrogens is 457 g/mol. The maximum Gasteiger partial charge on any atom is 0.259 e. The molecule has 178 valence electrons. The Morgan fingerprint density at radius 2 is 1.89 bits per heavy atom. The minimum absolute atomic E-state index is 0.0991. The second kappa shape index (κ2) is 8.03. The maximum absolute atomic E-state index is 13.8. The summed E-state index contributed by atoms with van der Waals surface area (Å²) in [6.07, 6.45) is 0. The first kappa shape index (κ1) is 22.0. The number of halogens is 1. The molecule has 0 atom stereocenters. The number of nitrogens with two attached hydrogens (primary N) is 1. The van der Waals surface area contributed by atoms with Crippen molar-refractivity contribution in [3.05, 3.63) is 100 Å². The Balaban J connectivity index is 1.56. The number of rotatable bonds is 4. The Bertz CT molecular complexity index is 1740.